The highest BCUT2D eigenvalue weighted by molar-refractivity contribution is 7.10. The second-order valence-corrected chi connectivity index (χ2v) is 5.26. The lowest BCUT2D eigenvalue weighted by molar-refractivity contribution is -0.138. The van der Waals surface area contributed by atoms with Gasteiger partial charge in [0.05, 0.1) is 6.42 Å². The fraction of sp³-hybridized carbons (Fsp3) is 0.545. The summed E-state index contributed by atoms with van der Waals surface area (Å²) in [5.41, 5.74) is -0.144. The molecule has 82 valence electrons. The van der Waals surface area contributed by atoms with Gasteiger partial charge in [-0.2, -0.15) is 0 Å². The first-order valence-electron chi connectivity index (χ1n) is 5.07. The second-order valence-electron chi connectivity index (χ2n) is 4.32. The summed E-state index contributed by atoms with van der Waals surface area (Å²) in [5, 5.41) is 11.0. The predicted molar refractivity (Wildman–Crippen MR) is 60.4 cm³/mol. The Balaban J connectivity index is 2.28. The molecule has 3 nitrogen and oxygen atoms in total. The number of nitrogens with zero attached hydrogens (tertiary/aromatic N) is 1. The minimum absolute atomic E-state index is 0.144. The van der Waals surface area contributed by atoms with Crippen molar-refractivity contribution in [1.82, 2.24) is 4.90 Å². The number of carboxylic acid groups (broad SMARTS) is 1. The summed E-state index contributed by atoms with van der Waals surface area (Å²) >= 11 is 1.67. The number of likely N-dealkylation sites (tertiary alicyclic amines) is 1. The van der Waals surface area contributed by atoms with Crippen LogP contribution in [0.2, 0.25) is 0 Å². The van der Waals surface area contributed by atoms with E-state index in [-0.39, 0.29) is 11.8 Å². The molecule has 0 aromatic carbocycles. The highest BCUT2D eigenvalue weighted by Crippen LogP contribution is 2.39. The van der Waals surface area contributed by atoms with Gasteiger partial charge in [-0.05, 0) is 31.5 Å². The van der Waals surface area contributed by atoms with Crippen molar-refractivity contribution >= 4 is 17.3 Å². The van der Waals surface area contributed by atoms with Crippen molar-refractivity contribution in [2.75, 3.05) is 20.1 Å². The van der Waals surface area contributed by atoms with E-state index in [0.29, 0.717) is 0 Å². The molecule has 0 aliphatic carbocycles. The second kappa shape index (κ2) is 3.94. The van der Waals surface area contributed by atoms with Crippen molar-refractivity contribution < 1.29 is 9.90 Å². The van der Waals surface area contributed by atoms with E-state index >= 15 is 0 Å². The van der Waals surface area contributed by atoms with Crippen LogP contribution in [0.25, 0.3) is 0 Å². The van der Waals surface area contributed by atoms with E-state index in [0.717, 1.165) is 19.5 Å². The molecular weight excluding hydrogens is 210 g/mol. The van der Waals surface area contributed by atoms with Crippen molar-refractivity contribution in [2.24, 2.45) is 0 Å². The Morgan fingerprint density at radius 2 is 2.53 bits per heavy atom. The molecule has 1 aromatic rings. The number of carboxylic acids is 1. The van der Waals surface area contributed by atoms with E-state index in [2.05, 4.69) is 18.0 Å². The number of hydrogen-bond donors (Lipinski definition) is 1. The SMILES string of the molecule is CN1CCC(CC(=O)O)(c2cccs2)C1. The van der Waals surface area contributed by atoms with Crippen LogP contribution in [0.4, 0.5) is 0 Å². The van der Waals surface area contributed by atoms with Gasteiger partial charge in [0, 0.05) is 16.8 Å². The summed E-state index contributed by atoms with van der Waals surface area (Å²) in [6, 6.07) is 4.06. The lowest BCUT2D eigenvalue weighted by Gasteiger charge is -2.25. The summed E-state index contributed by atoms with van der Waals surface area (Å²) in [4.78, 5) is 14.4. The number of carbonyl (C=O) groups is 1. The van der Waals surface area contributed by atoms with Crippen LogP contribution in [0.3, 0.4) is 0 Å². The number of thiophene rings is 1. The Labute approximate surface area is 93.3 Å². The maximum absolute atomic E-state index is 10.9. The van der Waals surface area contributed by atoms with Crippen molar-refractivity contribution in [3.05, 3.63) is 22.4 Å². The normalized spacial score (nSPS) is 27.0. The fourth-order valence-corrected chi connectivity index (χ4v) is 3.33. The van der Waals surface area contributed by atoms with Gasteiger partial charge in [0.25, 0.3) is 0 Å². The van der Waals surface area contributed by atoms with Crippen molar-refractivity contribution in [3.63, 3.8) is 0 Å². The summed E-state index contributed by atoms with van der Waals surface area (Å²) in [6.07, 6.45) is 1.20. The predicted octanol–water partition coefficient (Wildman–Crippen LogP) is 1.80. The minimum Gasteiger partial charge on any atom is -0.481 e. The molecule has 1 N–H and O–H groups in total. The van der Waals surface area contributed by atoms with E-state index in [1.807, 2.05) is 11.4 Å². The van der Waals surface area contributed by atoms with E-state index in [9.17, 15) is 4.79 Å². The molecule has 1 aromatic heterocycles. The minimum atomic E-state index is -0.696. The van der Waals surface area contributed by atoms with Crippen molar-refractivity contribution in [3.8, 4) is 0 Å². The van der Waals surface area contributed by atoms with Gasteiger partial charge in [-0.1, -0.05) is 6.07 Å². The van der Waals surface area contributed by atoms with Gasteiger partial charge in [-0.25, -0.2) is 0 Å². The van der Waals surface area contributed by atoms with Gasteiger partial charge >= 0.3 is 5.97 Å². The first-order chi connectivity index (χ1) is 7.12. The zero-order valence-electron chi connectivity index (χ0n) is 8.77. The number of hydrogen-bond acceptors (Lipinski definition) is 3. The molecule has 2 heterocycles. The van der Waals surface area contributed by atoms with Crippen LogP contribution in [0.1, 0.15) is 17.7 Å². The van der Waals surface area contributed by atoms with Gasteiger partial charge in [0.15, 0.2) is 0 Å². The maximum atomic E-state index is 10.9. The van der Waals surface area contributed by atoms with E-state index < -0.39 is 5.97 Å². The highest BCUT2D eigenvalue weighted by atomic mass is 32.1. The van der Waals surface area contributed by atoms with Gasteiger partial charge in [-0.15, -0.1) is 11.3 Å². The van der Waals surface area contributed by atoms with Crippen LogP contribution in [-0.4, -0.2) is 36.1 Å². The van der Waals surface area contributed by atoms with E-state index in [1.54, 1.807) is 11.3 Å². The van der Waals surface area contributed by atoms with Crippen LogP contribution in [0, 0.1) is 0 Å². The van der Waals surface area contributed by atoms with Crippen LogP contribution >= 0.6 is 11.3 Å². The quantitative estimate of drug-likeness (QED) is 0.852. The Kier molecular flexibility index (Phi) is 2.80. The Morgan fingerprint density at radius 3 is 3.00 bits per heavy atom. The summed E-state index contributed by atoms with van der Waals surface area (Å²) in [6.45, 7) is 1.85. The number of likely N-dealkylation sites (N-methyl/N-ethyl adjacent to an activating group) is 1. The van der Waals surface area contributed by atoms with Gasteiger partial charge in [0.2, 0.25) is 0 Å². The monoisotopic (exact) mass is 225 g/mol. The van der Waals surface area contributed by atoms with Crippen LogP contribution in [0.15, 0.2) is 17.5 Å². The smallest absolute Gasteiger partial charge is 0.304 e. The number of aliphatic carboxylic acids is 1. The molecule has 1 aliphatic rings. The van der Waals surface area contributed by atoms with Gasteiger partial charge in [0.1, 0.15) is 0 Å². The van der Waals surface area contributed by atoms with Crippen LogP contribution < -0.4 is 0 Å². The third-order valence-electron chi connectivity index (χ3n) is 3.08. The molecular formula is C11H15NO2S. The summed E-state index contributed by atoms with van der Waals surface area (Å²) < 4.78 is 0. The molecule has 1 atom stereocenters. The highest BCUT2D eigenvalue weighted by Gasteiger charge is 2.40. The standard InChI is InChI=1S/C11H15NO2S/c1-12-5-4-11(8-12,7-10(13)14)9-3-2-6-15-9/h2-3,6H,4-5,7-8H2,1H3,(H,13,14). The largest absolute Gasteiger partial charge is 0.481 e. The van der Waals surface area contributed by atoms with E-state index in [1.165, 1.54) is 4.88 Å². The molecule has 1 fully saturated rings. The van der Waals surface area contributed by atoms with Crippen molar-refractivity contribution in [1.29, 1.82) is 0 Å². The zero-order chi connectivity index (χ0) is 10.9. The Hall–Kier alpha value is -0.870. The molecule has 0 spiro atoms. The Bertz CT molecular complexity index is 349. The molecule has 0 saturated carbocycles. The summed E-state index contributed by atoms with van der Waals surface area (Å²) in [7, 11) is 2.05. The van der Waals surface area contributed by atoms with E-state index in [4.69, 9.17) is 5.11 Å². The third kappa shape index (κ3) is 2.06. The molecule has 0 radical (unpaired) electrons. The average Bonchev–Trinajstić information content (AvgIpc) is 2.74. The van der Waals surface area contributed by atoms with Gasteiger partial charge in [-0.3, -0.25) is 4.79 Å². The van der Waals surface area contributed by atoms with Crippen LogP contribution in [0.5, 0.6) is 0 Å². The maximum Gasteiger partial charge on any atom is 0.304 e. The molecule has 15 heavy (non-hydrogen) atoms. The zero-order valence-corrected chi connectivity index (χ0v) is 9.59. The lowest BCUT2D eigenvalue weighted by atomic mass is 9.82. The molecule has 1 saturated heterocycles. The molecule has 1 unspecified atom stereocenters. The van der Waals surface area contributed by atoms with Crippen LogP contribution in [-0.2, 0) is 10.2 Å². The lowest BCUT2D eigenvalue weighted by Crippen LogP contribution is -2.31. The topological polar surface area (TPSA) is 40.5 Å². The molecule has 1 aliphatic heterocycles. The summed E-state index contributed by atoms with van der Waals surface area (Å²) in [5.74, 6) is -0.696. The number of rotatable bonds is 3. The average molecular weight is 225 g/mol. The fourth-order valence-electron chi connectivity index (χ4n) is 2.38. The first kappa shape index (κ1) is 10.6. The Morgan fingerprint density at radius 1 is 1.73 bits per heavy atom. The first-order valence-corrected chi connectivity index (χ1v) is 5.95. The molecule has 0 bridgehead atoms. The molecule has 2 rings (SSSR count). The van der Waals surface area contributed by atoms with Crippen molar-refractivity contribution in [2.45, 2.75) is 18.3 Å². The third-order valence-corrected chi connectivity index (χ3v) is 4.19. The molecule has 0 amide bonds. The molecule has 4 heteroatoms. The van der Waals surface area contributed by atoms with Gasteiger partial charge < -0.3 is 10.0 Å².